The SMILES string of the molecule is CCn1cc(C(=O)O)c(=O)c2ccc(-c3scc(C)[n+]3C)cc21. The zero-order valence-electron chi connectivity index (χ0n) is 13.2. The number of aryl methyl sites for hydroxylation is 2. The molecule has 0 spiro atoms. The number of carbonyl (C=O) groups is 1. The zero-order valence-corrected chi connectivity index (χ0v) is 14.0. The van der Waals surface area contributed by atoms with E-state index in [0.717, 1.165) is 16.1 Å². The van der Waals surface area contributed by atoms with Gasteiger partial charge in [0.15, 0.2) is 5.69 Å². The monoisotopic (exact) mass is 329 g/mol. The minimum Gasteiger partial charge on any atom is -0.477 e. The van der Waals surface area contributed by atoms with Crippen molar-refractivity contribution in [3.8, 4) is 10.6 Å². The Morgan fingerprint density at radius 3 is 2.70 bits per heavy atom. The van der Waals surface area contributed by atoms with Gasteiger partial charge >= 0.3 is 5.97 Å². The van der Waals surface area contributed by atoms with E-state index in [0.29, 0.717) is 11.9 Å². The molecule has 118 valence electrons. The van der Waals surface area contributed by atoms with Gasteiger partial charge in [0.05, 0.1) is 16.5 Å². The lowest BCUT2D eigenvalue weighted by atomic mass is 10.1. The molecule has 0 fully saturated rings. The summed E-state index contributed by atoms with van der Waals surface area (Å²) < 4.78 is 3.91. The van der Waals surface area contributed by atoms with Gasteiger partial charge in [0.25, 0.3) is 5.01 Å². The van der Waals surface area contributed by atoms with Gasteiger partial charge in [-0.05, 0) is 25.1 Å². The molecule has 0 saturated carbocycles. The van der Waals surface area contributed by atoms with Crippen molar-refractivity contribution in [3.63, 3.8) is 0 Å². The average molecular weight is 329 g/mol. The first-order valence-corrected chi connectivity index (χ1v) is 8.17. The van der Waals surface area contributed by atoms with Gasteiger partial charge in [-0.3, -0.25) is 4.79 Å². The lowest BCUT2D eigenvalue weighted by Crippen LogP contribution is -2.30. The molecule has 0 aliphatic heterocycles. The van der Waals surface area contributed by atoms with Crippen LogP contribution < -0.4 is 10.00 Å². The van der Waals surface area contributed by atoms with Crippen molar-refractivity contribution in [1.29, 1.82) is 0 Å². The molecule has 5 nitrogen and oxygen atoms in total. The fourth-order valence-electron chi connectivity index (χ4n) is 2.66. The Morgan fingerprint density at radius 2 is 2.13 bits per heavy atom. The number of hydrogen-bond donors (Lipinski definition) is 1. The zero-order chi connectivity index (χ0) is 16.7. The highest BCUT2D eigenvalue weighted by Gasteiger charge is 2.18. The predicted molar refractivity (Wildman–Crippen MR) is 90.1 cm³/mol. The van der Waals surface area contributed by atoms with Crippen LogP contribution in [0.4, 0.5) is 0 Å². The quantitative estimate of drug-likeness (QED) is 0.751. The van der Waals surface area contributed by atoms with Gasteiger partial charge in [0.1, 0.15) is 12.6 Å². The summed E-state index contributed by atoms with van der Waals surface area (Å²) in [7, 11) is 2.01. The summed E-state index contributed by atoms with van der Waals surface area (Å²) in [5, 5.41) is 12.8. The maximum Gasteiger partial charge on any atom is 0.341 e. The second-order valence-corrected chi connectivity index (χ2v) is 6.29. The van der Waals surface area contributed by atoms with E-state index < -0.39 is 11.4 Å². The van der Waals surface area contributed by atoms with E-state index in [1.807, 2.05) is 37.6 Å². The summed E-state index contributed by atoms with van der Waals surface area (Å²) in [6, 6.07) is 5.55. The smallest absolute Gasteiger partial charge is 0.341 e. The van der Waals surface area contributed by atoms with Gasteiger partial charge < -0.3 is 9.67 Å². The van der Waals surface area contributed by atoms with Crippen LogP contribution in [0.2, 0.25) is 0 Å². The number of aromatic carboxylic acids is 1. The number of hydrogen-bond acceptors (Lipinski definition) is 3. The van der Waals surface area contributed by atoms with E-state index in [1.165, 1.54) is 11.9 Å². The highest BCUT2D eigenvalue weighted by molar-refractivity contribution is 7.12. The summed E-state index contributed by atoms with van der Waals surface area (Å²) in [6.45, 7) is 4.57. The third-order valence-corrected chi connectivity index (χ3v) is 5.27. The predicted octanol–water partition coefficient (Wildman–Crippen LogP) is 2.58. The molecular weight excluding hydrogens is 312 g/mol. The van der Waals surface area contributed by atoms with Gasteiger partial charge in [-0.1, -0.05) is 11.3 Å². The van der Waals surface area contributed by atoms with E-state index in [-0.39, 0.29) is 5.56 Å². The van der Waals surface area contributed by atoms with E-state index >= 15 is 0 Å². The maximum atomic E-state index is 12.4. The number of nitrogens with zero attached hydrogens (tertiary/aromatic N) is 2. The third kappa shape index (κ3) is 2.45. The Kier molecular flexibility index (Phi) is 3.77. The number of fused-ring (bicyclic) bond motifs is 1. The molecular formula is C17H17N2O3S+. The van der Waals surface area contributed by atoms with Gasteiger partial charge in [-0.15, -0.1) is 0 Å². The molecule has 2 heterocycles. The molecule has 0 unspecified atom stereocenters. The number of aromatic nitrogens is 2. The lowest BCUT2D eigenvalue weighted by Gasteiger charge is -2.10. The van der Waals surface area contributed by atoms with Crippen LogP contribution in [0.1, 0.15) is 23.0 Å². The summed E-state index contributed by atoms with van der Waals surface area (Å²) in [5.74, 6) is -1.19. The summed E-state index contributed by atoms with van der Waals surface area (Å²) in [5.41, 5.74) is 2.31. The van der Waals surface area contributed by atoms with Crippen molar-refractivity contribution < 1.29 is 14.5 Å². The van der Waals surface area contributed by atoms with Gasteiger partial charge in [0, 0.05) is 25.1 Å². The third-order valence-electron chi connectivity index (χ3n) is 4.07. The van der Waals surface area contributed by atoms with E-state index in [4.69, 9.17) is 0 Å². The van der Waals surface area contributed by atoms with Crippen LogP contribution in [0, 0.1) is 6.92 Å². The van der Waals surface area contributed by atoms with E-state index in [1.54, 1.807) is 17.4 Å². The minimum atomic E-state index is -1.19. The van der Waals surface area contributed by atoms with Crippen LogP contribution in [0.25, 0.3) is 21.5 Å². The van der Waals surface area contributed by atoms with Gasteiger partial charge in [0.2, 0.25) is 5.43 Å². The van der Waals surface area contributed by atoms with Crippen LogP contribution in [-0.4, -0.2) is 15.6 Å². The maximum absolute atomic E-state index is 12.4. The Labute approximate surface area is 137 Å². The van der Waals surface area contributed by atoms with Crippen molar-refractivity contribution in [3.05, 3.63) is 51.3 Å². The fraction of sp³-hybridized carbons (Fsp3) is 0.235. The first-order valence-electron chi connectivity index (χ1n) is 7.29. The molecule has 0 aliphatic carbocycles. The van der Waals surface area contributed by atoms with Crippen LogP contribution in [0.5, 0.6) is 0 Å². The summed E-state index contributed by atoms with van der Waals surface area (Å²) >= 11 is 1.64. The Bertz CT molecular complexity index is 985. The van der Waals surface area contributed by atoms with Crippen LogP contribution in [-0.2, 0) is 13.6 Å². The molecule has 0 atom stereocenters. The standard InChI is InChI=1S/C17H16N2O3S/c1-4-19-8-13(17(21)22)15(20)12-6-5-11(7-14(12)19)16-18(3)10(2)9-23-16/h5-9H,4H2,1-3H3/p+1. The largest absolute Gasteiger partial charge is 0.477 e. The van der Waals surface area contributed by atoms with Crippen molar-refractivity contribution in [2.24, 2.45) is 7.05 Å². The van der Waals surface area contributed by atoms with Crippen LogP contribution >= 0.6 is 11.3 Å². The molecule has 3 rings (SSSR count). The molecule has 3 aromatic rings. The number of thiazole rings is 1. The van der Waals surface area contributed by atoms with Crippen LogP contribution in [0.15, 0.2) is 34.6 Å². The molecule has 0 bridgehead atoms. The summed E-state index contributed by atoms with van der Waals surface area (Å²) in [4.78, 5) is 23.6. The van der Waals surface area contributed by atoms with Crippen molar-refractivity contribution in [1.82, 2.24) is 4.57 Å². The highest BCUT2D eigenvalue weighted by atomic mass is 32.1. The number of carboxylic acid groups (broad SMARTS) is 1. The number of pyridine rings is 1. The second kappa shape index (κ2) is 5.62. The lowest BCUT2D eigenvalue weighted by molar-refractivity contribution is -0.662. The molecule has 1 aromatic carbocycles. The molecule has 1 N–H and O–H groups in total. The molecule has 0 aliphatic rings. The first-order chi connectivity index (χ1) is 10.9. The second-order valence-electron chi connectivity index (χ2n) is 5.44. The van der Waals surface area contributed by atoms with Gasteiger partial charge in [-0.2, -0.15) is 4.57 Å². The average Bonchev–Trinajstić information content (AvgIpc) is 2.86. The Hall–Kier alpha value is -2.47. The molecule has 2 aromatic heterocycles. The first kappa shape index (κ1) is 15.4. The molecule has 6 heteroatoms. The fourth-order valence-corrected chi connectivity index (χ4v) is 3.66. The Morgan fingerprint density at radius 1 is 1.39 bits per heavy atom. The highest BCUT2D eigenvalue weighted by Crippen LogP contribution is 2.25. The van der Waals surface area contributed by atoms with E-state index in [9.17, 15) is 14.7 Å². The summed E-state index contributed by atoms with van der Waals surface area (Å²) in [6.07, 6.45) is 1.43. The minimum absolute atomic E-state index is 0.190. The van der Waals surface area contributed by atoms with Gasteiger partial charge in [-0.25, -0.2) is 4.79 Å². The topological polar surface area (TPSA) is 63.2 Å². The van der Waals surface area contributed by atoms with E-state index in [2.05, 4.69) is 9.95 Å². The van der Waals surface area contributed by atoms with Crippen LogP contribution in [0.3, 0.4) is 0 Å². The number of benzene rings is 1. The molecule has 0 radical (unpaired) electrons. The molecule has 0 saturated heterocycles. The molecule has 0 amide bonds. The number of rotatable bonds is 3. The van der Waals surface area contributed by atoms with Crippen molar-refractivity contribution >= 4 is 28.2 Å². The normalized spacial score (nSPS) is 11.1. The number of carboxylic acids is 1. The van der Waals surface area contributed by atoms with Crippen molar-refractivity contribution in [2.75, 3.05) is 0 Å². The Balaban J connectivity index is 2.32. The molecule has 23 heavy (non-hydrogen) atoms. The van der Waals surface area contributed by atoms with Crippen molar-refractivity contribution in [2.45, 2.75) is 20.4 Å².